The first-order valence-electron chi connectivity index (χ1n) is 5.59. The Balaban J connectivity index is 2.64. The summed E-state index contributed by atoms with van der Waals surface area (Å²) in [7, 11) is 0. The van der Waals surface area contributed by atoms with Crippen molar-refractivity contribution in [3.05, 3.63) is 41.1 Å². The number of alkyl halides is 3. The fraction of sp³-hybridized carbons (Fsp3) is 0.308. The maximum Gasteiger partial charge on any atom is 0.416 e. The highest BCUT2D eigenvalue weighted by atomic mass is 19.4. The summed E-state index contributed by atoms with van der Waals surface area (Å²) < 4.78 is 37.9. The van der Waals surface area contributed by atoms with Gasteiger partial charge in [0.05, 0.1) is 11.1 Å². The minimum atomic E-state index is -4.34. The summed E-state index contributed by atoms with van der Waals surface area (Å²) >= 11 is 0. The Labute approximate surface area is 103 Å². The number of halogens is 3. The van der Waals surface area contributed by atoms with Crippen molar-refractivity contribution in [2.24, 2.45) is 5.73 Å². The van der Waals surface area contributed by atoms with Crippen molar-refractivity contribution in [3.8, 4) is 0 Å². The zero-order chi connectivity index (χ0) is 13.3. The van der Waals surface area contributed by atoms with Crippen LogP contribution in [0.1, 0.15) is 16.8 Å². The second kappa shape index (κ2) is 4.57. The summed E-state index contributed by atoms with van der Waals surface area (Å²) in [6, 6.07) is 5.50. The van der Waals surface area contributed by atoms with Gasteiger partial charge < -0.3 is 5.73 Å². The van der Waals surface area contributed by atoms with Gasteiger partial charge >= 0.3 is 6.18 Å². The van der Waals surface area contributed by atoms with Crippen LogP contribution in [-0.2, 0) is 12.6 Å². The molecule has 0 radical (unpaired) electrons. The Morgan fingerprint density at radius 1 is 1.22 bits per heavy atom. The molecule has 0 aliphatic rings. The molecule has 18 heavy (non-hydrogen) atoms. The Kier molecular flexibility index (Phi) is 3.26. The Hall–Kier alpha value is -1.62. The van der Waals surface area contributed by atoms with Crippen LogP contribution in [0.5, 0.6) is 0 Å². The summed E-state index contributed by atoms with van der Waals surface area (Å²) in [5.74, 6) is 0. The lowest BCUT2D eigenvalue weighted by atomic mass is 10.0. The van der Waals surface area contributed by atoms with Gasteiger partial charge in [0, 0.05) is 11.1 Å². The molecular weight excluding hydrogens is 241 g/mol. The van der Waals surface area contributed by atoms with Gasteiger partial charge in [0.25, 0.3) is 0 Å². The number of nitrogens with two attached hydrogens (primary N) is 1. The Bertz CT molecular complexity index is 576. The number of fused-ring (bicyclic) bond motifs is 1. The first-order chi connectivity index (χ1) is 8.41. The molecule has 1 heterocycles. The topological polar surface area (TPSA) is 38.9 Å². The molecule has 0 unspecified atom stereocenters. The highest BCUT2D eigenvalue weighted by Gasteiger charge is 2.30. The molecule has 0 aliphatic carbocycles. The van der Waals surface area contributed by atoms with Crippen LogP contribution in [0.4, 0.5) is 13.2 Å². The van der Waals surface area contributed by atoms with Crippen molar-refractivity contribution < 1.29 is 13.2 Å². The highest BCUT2D eigenvalue weighted by Crippen LogP contribution is 2.31. The van der Waals surface area contributed by atoms with Crippen LogP contribution >= 0.6 is 0 Å². The fourth-order valence-corrected chi connectivity index (χ4v) is 1.99. The minimum absolute atomic E-state index is 0.369. The maximum atomic E-state index is 12.6. The van der Waals surface area contributed by atoms with Gasteiger partial charge in [0.1, 0.15) is 0 Å². The molecule has 2 nitrogen and oxygen atoms in total. The van der Waals surface area contributed by atoms with E-state index < -0.39 is 11.7 Å². The summed E-state index contributed by atoms with van der Waals surface area (Å²) in [5, 5.41) is 0.735. The average Bonchev–Trinajstić information content (AvgIpc) is 2.27. The molecule has 0 atom stereocenters. The minimum Gasteiger partial charge on any atom is -0.330 e. The first-order valence-corrected chi connectivity index (χ1v) is 5.59. The summed E-state index contributed by atoms with van der Waals surface area (Å²) in [6.07, 6.45) is -3.71. The van der Waals surface area contributed by atoms with E-state index in [9.17, 15) is 13.2 Å². The van der Waals surface area contributed by atoms with E-state index in [0.29, 0.717) is 24.2 Å². The zero-order valence-corrected chi connectivity index (χ0v) is 9.88. The van der Waals surface area contributed by atoms with E-state index in [-0.39, 0.29) is 0 Å². The first kappa shape index (κ1) is 12.8. The predicted molar refractivity (Wildman–Crippen MR) is 64.2 cm³/mol. The molecule has 0 aliphatic heterocycles. The van der Waals surface area contributed by atoms with E-state index in [4.69, 9.17) is 5.73 Å². The maximum absolute atomic E-state index is 12.6. The van der Waals surface area contributed by atoms with Crippen molar-refractivity contribution in [2.75, 3.05) is 6.54 Å². The van der Waals surface area contributed by atoms with Crippen molar-refractivity contribution in [1.29, 1.82) is 0 Å². The van der Waals surface area contributed by atoms with Gasteiger partial charge in [-0.3, -0.25) is 4.98 Å². The normalized spacial score (nSPS) is 12.1. The molecule has 2 aromatic rings. The number of hydrogen-bond donors (Lipinski definition) is 1. The quantitative estimate of drug-likeness (QED) is 0.894. The molecule has 0 bridgehead atoms. The molecule has 2 N–H and O–H groups in total. The number of hydrogen-bond acceptors (Lipinski definition) is 2. The lowest BCUT2D eigenvalue weighted by Gasteiger charge is -2.10. The van der Waals surface area contributed by atoms with E-state index in [1.54, 1.807) is 6.92 Å². The number of aryl methyl sites for hydroxylation is 1. The standard InChI is InChI=1S/C13H13F3N2/c1-8-6-9(4-5-17)11-3-2-10(13(14,15)16)7-12(11)18-8/h2-3,6-7H,4-5,17H2,1H3. The molecule has 96 valence electrons. The Morgan fingerprint density at radius 3 is 2.56 bits per heavy atom. The number of pyridine rings is 1. The second-order valence-electron chi connectivity index (χ2n) is 4.19. The van der Waals surface area contributed by atoms with Crippen LogP contribution in [0.15, 0.2) is 24.3 Å². The lowest BCUT2D eigenvalue weighted by molar-refractivity contribution is -0.137. The number of benzene rings is 1. The van der Waals surface area contributed by atoms with Crippen LogP contribution in [0.2, 0.25) is 0 Å². The molecule has 1 aromatic heterocycles. The number of nitrogens with zero attached hydrogens (tertiary/aromatic N) is 1. The van der Waals surface area contributed by atoms with Crippen molar-refractivity contribution in [3.63, 3.8) is 0 Å². The third kappa shape index (κ3) is 2.46. The summed E-state index contributed by atoms with van der Waals surface area (Å²) in [4.78, 5) is 4.15. The van der Waals surface area contributed by atoms with E-state index in [1.807, 2.05) is 6.07 Å². The third-order valence-electron chi connectivity index (χ3n) is 2.76. The molecule has 0 spiro atoms. The molecule has 2 rings (SSSR count). The monoisotopic (exact) mass is 254 g/mol. The van der Waals surface area contributed by atoms with Crippen LogP contribution in [0.3, 0.4) is 0 Å². The largest absolute Gasteiger partial charge is 0.416 e. The van der Waals surface area contributed by atoms with Gasteiger partial charge in [0.15, 0.2) is 0 Å². The summed E-state index contributed by atoms with van der Waals surface area (Å²) in [6.45, 7) is 2.22. The van der Waals surface area contributed by atoms with Gasteiger partial charge in [0.2, 0.25) is 0 Å². The van der Waals surface area contributed by atoms with Gasteiger partial charge in [-0.1, -0.05) is 6.07 Å². The van der Waals surface area contributed by atoms with Gasteiger partial charge in [-0.15, -0.1) is 0 Å². The van der Waals surface area contributed by atoms with E-state index in [2.05, 4.69) is 4.98 Å². The van der Waals surface area contributed by atoms with E-state index >= 15 is 0 Å². The SMILES string of the molecule is Cc1cc(CCN)c2ccc(C(F)(F)F)cc2n1. The molecule has 5 heteroatoms. The molecule has 0 amide bonds. The van der Waals surface area contributed by atoms with E-state index in [1.165, 1.54) is 6.07 Å². The van der Waals surface area contributed by atoms with Crippen molar-refractivity contribution in [1.82, 2.24) is 4.98 Å². The predicted octanol–water partition coefficient (Wildman–Crippen LogP) is 3.06. The van der Waals surface area contributed by atoms with Crippen molar-refractivity contribution in [2.45, 2.75) is 19.5 Å². The molecule has 0 fully saturated rings. The molecular formula is C13H13F3N2. The van der Waals surface area contributed by atoms with E-state index in [0.717, 1.165) is 23.1 Å². The third-order valence-corrected chi connectivity index (χ3v) is 2.76. The Morgan fingerprint density at radius 2 is 1.94 bits per heavy atom. The second-order valence-corrected chi connectivity index (χ2v) is 4.19. The van der Waals surface area contributed by atoms with Gasteiger partial charge in [-0.25, -0.2) is 0 Å². The zero-order valence-electron chi connectivity index (χ0n) is 9.88. The highest BCUT2D eigenvalue weighted by molar-refractivity contribution is 5.83. The fourth-order valence-electron chi connectivity index (χ4n) is 1.99. The summed E-state index contributed by atoms with van der Waals surface area (Å²) in [5.41, 5.74) is 6.83. The average molecular weight is 254 g/mol. The molecule has 1 aromatic carbocycles. The van der Waals surface area contributed by atoms with Crippen LogP contribution in [0, 0.1) is 6.92 Å². The number of aromatic nitrogens is 1. The van der Waals surface area contributed by atoms with Crippen LogP contribution in [-0.4, -0.2) is 11.5 Å². The molecule has 0 saturated carbocycles. The lowest BCUT2D eigenvalue weighted by Crippen LogP contribution is -2.07. The molecule has 0 saturated heterocycles. The van der Waals surface area contributed by atoms with Gasteiger partial charge in [-0.2, -0.15) is 13.2 Å². The van der Waals surface area contributed by atoms with Crippen LogP contribution < -0.4 is 5.73 Å². The van der Waals surface area contributed by atoms with Crippen LogP contribution in [0.25, 0.3) is 10.9 Å². The smallest absolute Gasteiger partial charge is 0.330 e. The van der Waals surface area contributed by atoms with Gasteiger partial charge in [-0.05, 0) is 43.7 Å². The number of rotatable bonds is 2. The van der Waals surface area contributed by atoms with Crippen molar-refractivity contribution >= 4 is 10.9 Å².